The zero-order chi connectivity index (χ0) is 18.2. The summed E-state index contributed by atoms with van der Waals surface area (Å²) in [7, 11) is 0. The molecule has 3 atom stereocenters. The smallest absolute Gasteiger partial charge is 0.410 e. The van der Waals surface area contributed by atoms with Crippen LogP contribution in [0.4, 0.5) is 10.5 Å². The van der Waals surface area contributed by atoms with Crippen molar-refractivity contribution in [2.75, 3.05) is 13.1 Å². The predicted molar refractivity (Wildman–Crippen MR) is 96.2 cm³/mol. The molecule has 0 spiro atoms. The SMILES string of the molecule is [C-]#[N+]c1ccc(OC2C[C@@H]3CN(C(=O)OC(C)(C)C)C[C@@H]3C2)cc1Cl. The third-order valence-corrected chi connectivity index (χ3v) is 5.00. The maximum Gasteiger partial charge on any atom is 0.410 e. The van der Waals surface area contributed by atoms with Crippen molar-refractivity contribution in [1.82, 2.24) is 4.90 Å². The molecule has 5 nitrogen and oxygen atoms in total. The maximum atomic E-state index is 12.2. The van der Waals surface area contributed by atoms with Crippen molar-refractivity contribution in [1.29, 1.82) is 0 Å². The van der Waals surface area contributed by atoms with Crippen LogP contribution in [0.1, 0.15) is 33.6 Å². The second kappa shape index (κ2) is 6.76. The molecule has 134 valence electrons. The number of ether oxygens (including phenoxy) is 2. The van der Waals surface area contributed by atoms with Gasteiger partial charge in [0.05, 0.1) is 17.7 Å². The highest BCUT2D eigenvalue weighted by Gasteiger charge is 2.44. The van der Waals surface area contributed by atoms with E-state index in [1.807, 2.05) is 25.7 Å². The largest absolute Gasteiger partial charge is 0.490 e. The topological polar surface area (TPSA) is 43.1 Å². The monoisotopic (exact) mass is 362 g/mol. The number of hydrogen-bond donors (Lipinski definition) is 0. The molecule has 1 saturated heterocycles. The minimum atomic E-state index is -0.461. The van der Waals surface area contributed by atoms with Crippen LogP contribution in [0.2, 0.25) is 5.02 Å². The van der Waals surface area contributed by atoms with Gasteiger partial charge in [0.2, 0.25) is 5.69 Å². The second-order valence-electron chi connectivity index (χ2n) is 7.84. The molecule has 0 bridgehead atoms. The molecule has 3 rings (SSSR count). The van der Waals surface area contributed by atoms with Crippen molar-refractivity contribution in [3.63, 3.8) is 0 Å². The Labute approximate surface area is 153 Å². The van der Waals surface area contributed by atoms with Crippen molar-refractivity contribution < 1.29 is 14.3 Å². The third kappa shape index (κ3) is 4.19. The average molecular weight is 363 g/mol. The minimum absolute atomic E-state index is 0.130. The molecule has 1 aromatic rings. The van der Waals surface area contributed by atoms with Crippen LogP contribution in [0.25, 0.3) is 4.85 Å². The quantitative estimate of drug-likeness (QED) is 0.701. The van der Waals surface area contributed by atoms with Gasteiger partial charge >= 0.3 is 6.09 Å². The standard InChI is InChI=1S/C19H23ClN2O3/c1-19(2,3)25-18(23)22-10-12-7-15(8-13(12)11-22)24-14-5-6-17(21-4)16(20)9-14/h5-6,9,12-13,15H,7-8,10-11H2,1-3H3/t12-,13+,15?. The van der Waals surface area contributed by atoms with Crippen molar-refractivity contribution in [2.45, 2.75) is 45.3 Å². The van der Waals surface area contributed by atoms with E-state index in [0.717, 1.165) is 25.9 Å². The van der Waals surface area contributed by atoms with E-state index in [-0.39, 0.29) is 12.2 Å². The summed E-state index contributed by atoms with van der Waals surface area (Å²) in [5.41, 5.74) is -0.0256. The fourth-order valence-electron chi connectivity index (χ4n) is 3.66. The summed E-state index contributed by atoms with van der Waals surface area (Å²) in [6.07, 6.45) is 1.75. The van der Waals surface area contributed by atoms with Gasteiger partial charge < -0.3 is 14.4 Å². The van der Waals surface area contributed by atoms with E-state index < -0.39 is 5.60 Å². The van der Waals surface area contributed by atoms with E-state index >= 15 is 0 Å². The van der Waals surface area contributed by atoms with Crippen LogP contribution < -0.4 is 4.74 Å². The van der Waals surface area contributed by atoms with Gasteiger partial charge in [0.1, 0.15) is 11.4 Å². The number of fused-ring (bicyclic) bond motifs is 1. The van der Waals surface area contributed by atoms with Gasteiger partial charge in [0.15, 0.2) is 0 Å². The summed E-state index contributed by atoms with van der Waals surface area (Å²) in [4.78, 5) is 17.4. The van der Waals surface area contributed by atoms with Gasteiger partial charge in [-0.15, -0.1) is 0 Å². The first kappa shape index (κ1) is 17.9. The molecule has 0 radical (unpaired) electrons. The molecule has 1 unspecified atom stereocenters. The van der Waals surface area contributed by atoms with E-state index in [4.69, 9.17) is 27.6 Å². The second-order valence-corrected chi connectivity index (χ2v) is 8.25. The van der Waals surface area contributed by atoms with Crippen molar-refractivity contribution >= 4 is 23.4 Å². The van der Waals surface area contributed by atoms with E-state index in [1.54, 1.807) is 18.2 Å². The number of halogens is 1. The molecule has 1 amide bonds. The van der Waals surface area contributed by atoms with Gasteiger partial charge in [-0.1, -0.05) is 17.7 Å². The summed E-state index contributed by atoms with van der Waals surface area (Å²) in [5.74, 6) is 1.61. The Morgan fingerprint density at radius 2 is 1.92 bits per heavy atom. The number of amides is 1. The zero-order valence-electron chi connectivity index (χ0n) is 14.8. The fourth-order valence-corrected chi connectivity index (χ4v) is 3.87. The van der Waals surface area contributed by atoms with Gasteiger partial charge in [0.25, 0.3) is 0 Å². The molecule has 0 aromatic heterocycles. The van der Waals surface area contributed by atoms with E-state index in [0.29, 0.717) is 28.3 Å². The Morgan fingerprint density at radius 3 is 2.44 bits per heavy atom. The van der Waals surface area contributed by atoms with Crippen LogP contribution >= 0.6 is 11.6 Å². The lowest BCUT2D eigenvalue weighted by Crippen LogP contribution is -2.36. The number of carbonyl (C=O) groups is 1. The Balaban J connectivity index is 1.54. The molecular formula is C19H23ClN2O3. The lowest BCUT2D eigenvalue weighted by atomic mass is 10.0. The molecule has 25 heavy (non-hydrogen) atoms. The Kier molecular flexibility index (Phi) is 4.83. The van der Waals surface area contributed by atoms with Crippen molar-refractivity contribution in [3.05, 3.63) is 34.6 Å². The van der Waals surface area contributed by atoms with Crippen LogP contribution in [0.15, 0.2) is 18.2 Å². The molecule has 0 N–H and O–H groups in total. The zero-order valence-corrected chi connectivity index (χ0v) is 15.5. The molecule has 1 aliphatic carbocycles. The van der Waals surface area contributed by atoms with Crippen LogP contribution in [0, 0.1) is 18.4 Å². The highest BCUT2D eigenvalue weighted by atomic mass is 35.5. The Bertz CT molecular complexity index is 694. The first-order valence-corrected chi connectivity index (χ1v) is 8.94. The molecule has 1 aromatic carbocycles. The summed E-state index contributed by atoms with van der Waals surface area (Å²) in [6, 6.07) is 5.18. The lowest BCUT2D eigenvalue weighted by Gasteiger charge is -2.25. The number of benzene rings is 1. The molecule has 6 heteroatoms. The lowest BCUT2D eigenvalue weighted by molar-refractivity contribution is 0.0272. The first-order valence-electron chi connectivity index (χ1n) is 8.57. The van der Waals surface area contributed by atoms with Crippen LogP contribution in [0.3, 0.4) is 0 Å². The van der Waals surface area contributed by atoms with E-state index in [2.05, 4.69) is 4.85 Å². The van der Waals surface area contributed by atoms with Gasteiger partial charge in [0, 0.05) is 13.1 Å². The fraction of sp³-hybridized carbons (Fsp3) is 0.579. The molecule has 1 heterocycles. The summed E-state index contributed by atoms with van der Waals surface area (Å²) in [6.45, 7) is 14.2. The van der Waals surface area contributed by atoms with Crippen molar-refractivity contribution in [3.8, 4) is 5.75 Å². The highest BCUT2D eigenvalue weighted by Crippen LogP contribution is 2.40. The van der Waals surface area contributed by atoms with E-state index in [1.165, 1.54) is 0 Å². The van der Waals surface area contributed by atoms with Crippen LogP contribution in [-0.2, 0) is 4.74 Å². The minimum Gasteiger partial charge on any atom is -0.490 e. The van der Waals surface area contributed by atoms with Crippen LogP contribution in [0.5, 0.6) is 5.75 Å². The molecule has 2 fully saturated rings. The molecular weight excluding hydrogens is 340 g/mol. The number of nitrogens with zero attached hydrogens (tertiary/aromatic N) is 2. The Morgan fingerprint density at radius 1 is 1.28 bits per heavy atom. The van der Waals surface area contributed by atoms with Crippen LogP contribution in [-0.4, -0.2) is 35.8 Å². The number of rotatable bonds is 2. The van der Waals surface area contributed by atoms with Crippen molar-refractivity contribution in [2.24, 2.45) is 11.8 Å². The number of hydrogen-bond acceptors (Lipinski definition) is 3. The predicted octanol–water partition coefficient (Wildman–Crippen LogP) is 4.92. The van der Waals surface area contributed by atoms with Gasteiger partial charge in [-0.3, -0.25) is 0 Å². The Hall–Kier alpha value is -1.93. The van der Waals surface area contributed by atoms with Gasteiger partial charge in [-0.25, -0.2) is 9.64 Å². The third-order valence-electron chi connectivity index (χ3n) is 4.70. The number of likely N-dealkylation sites (tertiary alicyclic amines) is 1. The molecule has 2 aliphatic rings. The molecule has 1 aliphatic heterocycles. The first-order chi connectivity index (χ1) is 11.7. The summed E-state index contributed by atoms with van der Waals surface area (Å²) in [5, 5.41) is 0.418. The highest BCUT2D eigenvalue weighted by molar-refractivity contribution is 6.33. The average Bonchev–Trinajstić information content (AvgIpc) is 3.04. The van der Waals surface area contributed by atoms with Gasteiger partial charge in [-0.2, -0.15) is 0 Å². The molecule has 1 saturated carbocycles. The maximum absolute atomic E-state index is 12.2. The number of carbonyl (C=O) groups excluding carboxylic acids is 1. The van der Waals surface area contributed by atoms with E-state index in [9.17, 15) is 4.79 Å². The summed E-state index contributed by atoms with van der Waals surface area (Å²) >= 11 is 6.07. The summed E-state index contributed by atoms with van der Waals surface area (Å²) < 4.78 is 11.5. The van der Waals surface area contributed by atoms with Gasteiger partial charge in [-0.05, 0) is 57.6 Å². The normalized spacial score (nSPS) is 25.4.